The number of hydrogen-bond donors (Lipinski definition) is 0. The minimum Gasteiger partial charge on any atom is -0.344 e. The van der Waals surface area contributed by atoms with Crippen LogP contribution in [0.25, 0.3) is 0 Å². The minimum atomic E-state index is -0.0553. The van der Waals surface area contributed by atoms with Crippen LogP contribution in [0.2, 0.25) is 0 Å². The lowest BCUT2D eigenvalue weighted by molar-refractivity contribution is 0.0480. The molecule has 3 rings (SSSR count). The highest BCUT2D eigenvalue weighted by Gasteiger charge is 2.33. The van der Waals surface area contributed by atoms with Gasteiger partial charge in [0.05, 0.1) is 0 Å². The van der Waals surface area contributed by atoms with Gasteiger partial charge in [-0.15, -0.1) is 0 Å². The molecule has 7 heteroatoms. The van der Waals surface area contributed by atoms with Crippen molar-refractivity contribution in [2.75, 3.05) is 26.7 Å². The summed E-state index contributed by atoms with van der Waals surface area (Å²) in [5.74, 6) is 1.23. The Kier molecular flexibility index (Phi) is 3.74. The van der Waals surface area contributed by atoms with Crippen molar-refractivity contribution in [3.05, 3.63) is 35.2 Å². The number of rotatable bonds is 2. The van der Waals surface area contributed by atoms with Crippen LogP contribution < -0.4 is 0 Å². The van der Waals surface area contributed by atoms with Gasteiger partial charge in [-0.3, -0.25) is 9.69 Å². The lowest BCUT2D eigenvalue weighted by Gasteiger charge is -2.37. The number of nitrogens with zero attached hydrogens (tertiary/aromatic N) is 5. The summed E-state index contributed by atoms with van der Waals surface area (Å²) in [6, 6.07) is 3.78. The second-order valence-corrected chi connectivity index (χ2v) is 5.85. The van der Waals surface area contributed by atoms with E-state index in [1.807, 2.05) is 42.6 Å². The topological polar surface area (TPSA) is 67.4 Å². The Hall–Kier alpha value is -2.15. The molecule has 0 radical (unpaired) electrons. The Morgan fingerprint density at radius 2 is 2.05 bits per heavy atom. The molecule has 1 saturated heterocycles. The average molecular weight is 303 g/mol. The Morgan fingerprint density at radius 1 is 1.27 bits per heavy atom. The van der Waals surface area contributed by atoms with Crippen molar-refractivity contribution >= 4 is 5.91 Å². The highest BCUT2D eigenvalue weighted by atomic mass is 16.5. The first kappa shape index (κ1) is 14.8. The van der Waals surface area contributed by atoms with Gasteiger partial charge in [-0.2, -0.15) is 4.98 Å². The molecule has 0 spiro atoms. The summed E-state index contributed by atoms with van der Waals surface area (Å²) in [6.45, 7) is 5.82. The van der Waals surface area contributed by atoms with E-state index < -0.39 is 0 Å². The van der Waals surface area contributed by atoms with Gasteiger partial charge in [0.15, 0.2) is 5.82 Å². The molecule has 1 atom stereocenters. The summed E-state index contributed by atoms with van der Waals surface area (Å²) in [7, 11) is 3.93. The molecule has 22 heavy (non-hydrogen) atoms. The molecule has 2 aromatic rings. The third kappa shape index (κ3) is 2.52. The van der Waals surface area contributed by atoms with Gasteiger partial charge in [-0.25, -0.2) is 0 Å². The van der Waals surface area contributed by atoms with Gasteiger partial charge in [0.1, 0.15) is 11.7 Å². The third-order valence-corrected chi connectivity index (χ3v) is 4.36. The van der Waals surface area contributed by atoms with E-state index in [4.69, 9.17) is 4.52 Å². The molecule has 1 aliphatic heterocycles. The molecule has 1 aliphatic rings. The summed E-state index contributed by atoms with van der Waals surface area (Å²) in [5.41, 5.74) is 1.78. The predicted molar refractivity (Wildman–Crippen MR) is 80.5 cm³/mol. The zero-order chi connectivity index (χ0) is 15.9. The van der Waals surface area contributed by atoms with Crippen LogP contribution >= 0.6 is 0 Å². The summed E-state index contributed by atoms with van der Waals surface area (Å²) in [6.07, 6.45) is 0. The third-order valence-electron chi connectivity index (χ3n) is 4.36. The maximum absolute atomic E-state index is 12.7. The zero-order valence-corrected chi connectivity index (χ0v) is 13.4. The van der Waals surface area contributed by atoms with Gasteiger partial charge in [-0.1, -0.05) is 5.16 Å². The maximum atomic E-state index is 12.7. The fourth-order valence-electron chi connectivity index (χ4n) is 2.76. The second-order valence-electron chi connectivity index (χ2n) is 5.85. The van der Waals surface area contributed by atoms with Crippen molar-refractivity contribution in [3.8, 4) is 0 Å². The second kappa shape index (κ2) is 5.57. The van der Waals surface area contributed by atoms with Crippen molar-refractivity contribution in [2.24, 2.45) is 7.05 Å². The Labute approximate surface area is 129 Å². The average Bonchev–Trinajstić information content (AvgIpc) is 3.06. The molecule has 1 amide bonds. The fourth-order valence-corrected chi connectivity index (χ4v) is 2.76. The highest BCUT2D eigenvalue weighted by molar-refractivity contribution is 5.93. The standard InChI is InChI=1S/C15H21N5O2/c1-10-5-6-12(19(10)4)15(21)20-8-7-18(3)13(9-20)14-16-11(2)17-22-14/h5-6,13H,7-9H2,1-4H3/t13-/m1/s1. The molecule has 2 aromatic heterocycles. The van der Waals surface area contributed by atoms with E-state index in [0.717, 1.165) is 12.2 Å². The zero-order valence-electron chi connectivity index (χ0n) is 13.4. The number of likely N-dealkylation sites (N-methyl/N-ethyl adjacent to an activating group) is 1. The van der Waals surface area contributed by atoms with E-state index in [1.54, 1.807) is 6.92 Å². The molecule has 0 aromatic carbocycles. The molecular formula is C15H21N5O2. The predicted octanol–water partition coefficient (Wildman–Crippen LogP) is 1.15. The number of amides is 1. The number of aromatic nitrogens is 3. The number of carbonyl (C=O) groups excluding carboxylic acids is 1. The first-order valence-corrected chi connectivity index (χ1v) is 7.39. The van der Waals surface area contributed by atoms with Crippen LogP contribution in [0.5, 0.6) is 0 Å². The summed E-state index contributed by atoms with van der Waals surface area (Å²) in [4.78, 5) is 21.1. The van der Waals surface area contributed by atoms with Gasteiger partial charge in [0.25, 0.3) is 5.91 Å². The fraction of sp³-hybridized carbons (Fsp3) is 0.533. The monoisotopic (exact) mass is 303 g/mol. The van der Waals surface area contributed by atoms with Gasteiger partial charge in [0.2, 0.25) is 5.89 Å². The molecule has 1 fully saturated rings. The van der Waals surface area contributed by atoms with Crippen LogP contribution in [-0.2, 0) is 7.05 Å². The molecule has 0 aliphatic carbocycles. The molecular weight excluding hydrogens is 282 g/mol. The van der Waals surface area contributed by atoms with Crippen LogP contribution in [0.4, 0.5) is 0 Å². The number of carbonyl (C=O) groups is 1. The van der Waals surface area contributed by atoms with Gasteiger partial charge < -0.3 is 14.0 Å². The van der Waals surface area contributed by atoms with Crippen LogP contribution in [0, 0.1) is 13.8 Å². The van der Waals surface area contributed by atoms with Crippen LogP contribution in [0.3, 0.4) is 0 Å². The summed E-state index contributed by atoms with van der Waals surface area (Å²) < 4.78 is 7.21. The van der Waals surface area contributed by atoms with Gasteiger partial charge >= 0.3 is 0 Å². The van der Waals surface area contributed by atoms with E-state index >= 15 is 0 Å². The molecule has 0 bridgehead atoms. The summed E-state index contributed by atoms with van der Waals surface area (Å²) >= 11 is 0. The SMILES string of the molecule is Cc1noc([C@H]2CN(C(=O)c3ccc(C)n3C)CCN2C)n1. The van der Waals surface area contributed by atoms with Crippen molar-refractivity contribution in [1.82, 2.24) is 24.5 Å². The van der Waals surface area contributed by atoms with Crippen molar-refractivity contribution in [3.63, 3.8) is 0 Å². The van der Waals surface area contributed by atoms with Crippen LogP contribution in [0.1, 0.15) is 33.9 Å². The van der Waals surface area contributed by atoms with Gasteiger partial charge in [0, 0.05) is 32.4 Å². The summed E-state index contributed by atoms with van der Waals surface area (Å²) in [5, 5.41) is 3.85. The largest absolute Gasteiger partial charge is 0.344 e. The Morgan fingerprint density at radius 3 is 2.64 bits per heavy atom. The molecule has 3 heterocycles. The number of aryl methyl sites for hydroxylation is 2. The Balaban J connectivity index is 1.81. The minimum absolute atomic E-state index is 0.0462. The van der Waals surface area contributed by atoms with E-state index in [9.17, 15) is 4.79 Å². The van der Waals surface area contributed by atoms with E-state index in [-0.39, 0.29) is 11.9 Å². The first-order valence-electron chi connectivity index (χ1n) is 7.39. The lowest BCUT2D eigenvalue weighted by atomic mass is 10.1. The van der Waals surface area contributed by atoms with Crippen molar-refractivity contribution < 1.29 is 9.32 Å². The lowest BCUT2D eigenvalue weighted by Crippen LogP contribution is -2.49. The first-order chi connectivity index (χ1) is 10.5. The van der Waals surface area contributed by atoms with Crippen molar-refractivity contribution in [2.45, 2.75) is 19.9 Å². The van der Waals surface area contributed by atoms with Crippen LogP contribution in [-0.4, -0.2) is 57.1 Å². The van der Waals surface area contributed by atoms with E-state index in [1.165, 1.54) is 0 Å². The molecule has 7 nitrogen and oxygen atoms in total. The molecule has 0 N–H and O–H groups in total. The molecule has 0 saturated carbocycles. The highest BCUT2D eigenvalue weighted by Crippen LogP contribution is 2.24. The van der Waals surface area contributed by atoms with E-state index in [2.05, 4.69) is 15.0 Å². The Bertz CT molecular complexity index is 690. The van der Waals surface area contributed by atoms with Crippen LogP contribution in [0.15, 0.2) is 16.7 Å². The quantitative estimate of drug-likeness (QED) is 0.832. The van der Waals surface area contributed by atoms with E-state index in [0.29, 0.717) is 30.5 Å². The van der Waals surface area contributed by atoms with Gasteiger partial charge in [-0.05, 0) is 33.0 Å². The van der Waals surface area contributed by atoms with Crippen molar-refractivity contribution in [1.29, 1.82) is 0 Å². The number of piperazine rings is 1. The molecule has 0 unspecified atom stereocenters. The maximum Gasteiger partial charge on any atom is 0.270 e. The normalized spacial score (nSPS) is 19.6. The molecule has 118 valence electrons. The number of hydrogen-bond acceptors (Lipinski definition) is 5. The smallest absolute Gasteiger partial charge is 0.270 e.